The summed E-state index contributed by atoms with van der Waals surface area (Å²) in [6, 6.07) is 0. The quantitative estimate of drug-likeness (QED) is 0.0222. The van der Waals surface area contributed by atoms with E-state index in [1.165, 1.54) is 218 Å². The summed E-state index contributed by atoms with van der Waals surface area (Å²) < 4.78 is 68.6. The minimum absolute atomic E-state index is 0.104. The minimum atomic E-state index is -4.96. The van der Waals surface area contributed by atoms with Crippen molar-refractivity contribution in [2.75, 3.05) is 39.6 Å². The number of carbonyl (C=O) groups excluding carboxylic acids is 4. The van der Waals surface area contributed by atoms with Crippen molar-refractivity contribution >= 4 is 39.5 Å². The second-order valence-corrected chi connectivity index (χ2v) is 34.3. The molecule has 0 amide bonds. The molecule has 0 aromatic carbocycles. The molecule has 0 saturated heterocycles. The van der Waals surface area contributed by atoms with Crippen molar-refractivity contribution in [2.24, 2.45) is 23.7 Å². The predicted molar refractivity (Wildman–Crippen MR) is 414 cm³/mol. The zero-order valence-electron chi connectivity index (χ0n) is 66.5. The molecule has 0 rings (SSSR count). The van der Waals surface area contributed by atoms with Crippen molar-refractivity contribution in [1.82, 2.24) is 0 Å². The summed E-state index contributed by atoms with van der Waals surface area (Å²) in [4.78, 5) is 72.9. The third-order valence-electron chi connectivity index (χ3n) is 19.1. The Labute approximate surface area is 619 Å². The molecule has 101 heavy (non-hydrogen) atoms. The fraction of sp³-hybridized carbons (Fsp3) is 0.951. The third kappa shape index (κ3) is 76.1. The second kappa shape index (κ2) is 71.0. The van der Waals surface area contributed by atoms with Gasteiger partial charge in [-0.2, -0.15) is 0 Å². The summed E-state index contributed by atoms with van der Waals surface area (Å²) in [5.74, 6) is 0.899. The number of aliphatic hydroxyl groups excluding tert-OH is 1. The zero-order chi connectivity index (χ0) is 74.6. The van der Waals surface area contributed by atoms with Gasteiger partial charge in [0.1, 0.15) is 19.3 Å². The maximum atomic E-state index is 13.1. The van der Waals surface area contributed by atoms with E-state index < -0.39 is 97.5 Å². The number of esters is 4. The number of unbranched alkanes of at least 4 members (excludes halogenated alkanes) is 45. The van der Waals surface area contributed by atoms with Crippen LogP contribution in [0.25, 0.3) is 0 Å². The van der Waals surface area contributed by atoms with E-state index in [1.54, 1.807) is 0 Å². The molecule has 0 aliphatic carbocycles. The van der Waals surface area contributed by atoms with E-state index >= 15 is 0 Å². The molecule has 5 atom stereocenters. The van der Waals surface area contributed by atoms with Gasteiger partial charge >= 0.3 is 39.5 Å². The molecule has 0 saturated carbocycles. The van der Waals surface area contributed by atoms with Crippen LogP contribution < -0.4 is 0 Å². The average molecular weight is 1480 g/mol. The largest absolute Gasteiger partial charge is 0.472 e. The van der Waals surface area contributed by atoms with Crippen LogP contribution in [0.5, 0.6) is 0 Å². The maximum Gasteiger partial charge on any atom is 0.472 e. The van der Waals surface area contributed by atoms with E-state index in [-0.39, 0.29) is 25.7 Å². The van der Waals surface area contributed by atoms with Crippen LogP contribution >= 0.6 is 15.6 Å². The number of hydrogen-bond acceptors (Lipinski definition) is 15. The molecule has 0 fully saturated rings. The van der Waals surface area contributed by atoms with Gasteiger partial charge in [-0.3, -0.25) is 37.3 Å². The Hall–Kier alpha value is -1.94. The van der Waals surface area contributed by atoms with Gasteiger partial charge in [0.25, 0.3) is 0 Å². The molecule has 3 N–H and O–H groups in total. The summed E-state index contributed by atoms with van der Waals surface area (Å²) in [6.45, 7) is 14.2. The first-order valence-corrected chi connectivity index (χ1v) is 45.2. The van der Waals surface area contributed by atoms with E-state index in [1.807, 2.05) is 0 Å². The number of rotatable bonds is 79. The topological polar surface area (TPSA) is 237 Å². The summed E-state index contributed by atoms with van der Waals surface area (Å²) in [7, 11) is -9.92. The van der Waals surface area contributed by atoms with Gasteiger partial charge in [0, 0.05) is 25.7 Å². The molecule has 0 bridgehead atoms. The average Bonchev–Trinajstić information content (AvgIpc) is 0.925. The smallest absolute Gasteiger partial charge is 0.462 e. The Balaban J connectivity index is 5.09. The van der Waals surface area contributed by atoms with Gasteiger partial charge in [0.05, 0.1) is 26.4 Å². The molecule has 0 aromatic heterocycles. The highest BCUT2D eigenvalue weighted by Crippen LogP contribution is 2.45. The first kappa shape index (κ1) is 99.1. The highest BCUT2D eigenvalue weighted by atomic mass is 31.2. The van der Waals surface area contributed by atoms with Crippen LogP contribution in [0.4, 0.5) is 0 Å². The molecule has 600 valence electrons. The van der Waals surface area contributed by atoms with Gasteiger partial charge in [0.15, 0.2) is 12.2 Å². The Kier molecular flexibility index (Phi) is 69.6. The van der Waals surface area contributed by atoms with Crippen molar-refractivity contribution in [1.29, 1.82) is 0 Å². The molecule has 0 aromatic rings. The molecule has 0 aliphatic heterocycles. The van der Waals surface area contributed by atoms with Gasteiger partial charge in [-0.05, 0) is 49.4 Å². The van der Waals surface area contributed by atoms with Crippen LogP contribution in [0.15, 0.2) is 0 Å². The van der Waals surface area contributed by atoms with Crippen LogP contribution in [0.1, 0.15) is 421 Å². The minimum Gasteiger partial charge on any atom is -0.462 e. The van der Waals surface area contributed by atoms with Crippen LogP contribution in [0.3, 0.4) is 0 Å². The van der Waals surface area contributed by atoms with Crippen LogP contribution in [-0.2, 0) is 65.4 Å². The standard InChI is InChI=1S/C82H160O17P2/c1-72(2)58-50-42-34-29-25-21-17-13-9-11-15-19-23-27-31-37-46-54-62-79(84)92-68-77(99-82(87)65-57-49-39-33-36-44-52-60-74(5)6)70-96-100(88,89)94-66-76(83)67-95-101(90,91)97-71-78(69-93-80(85)63-55-47-41-40-45-53-61-75(7)8)98-81(86)64-56-48-38-32-28-24-20-16-12-10-14-18-22-26-30-35-43-51-59-73(3)4/h72-78,83H,9-71H2,1-8H3,(H,88,89)(H,90,91)/t76?,77-,78-/m1/s1. The SMILES string of the molecule is CC(C)CCCCCCCCCCCCCCCCCCCCC(=O)OC[C@H](COP(=O)(O)OCC(O)COP(=O)(O)OC[C@@H](COC(=O)CCCCCCCCC(C)C)OC(=O)CCCCCCCCCCCCCCCCCCCCC(C)C)OC(=O)CCCCCCCCCC(C)C. The van der Waals surface area contributed by atoms with Crippen LogP contribution in [0, 0.1) is 23.7 Å². The molecule has 0 spiro atoms. The normalized spacial score (nSPS) is 14.0. The van der Waals surface area contributed by atoms with E-state index in [0.717, 1.165) is 108 Å². The summed E-state index contributed by atoms with van der Waals surface area (Å²) in [6.07, 6.45) is 58.8. The van der Waals surface area contributed by atoms with Gasteiger partial charge < -0.3 is 33.8 Å². The van der Waals surface area contributed by atoms with Crippen LogP contribution in [-0.4, -0.2) is 96.7 Å². The number of hydrogen-bond donors (Lipinski definition) is 3. The lowest BCUT2D eigenvalue weighted by atomic mass is 10.0. The van der Waals surface area contributed by atoms with E-state index in [9.17, 15) is 43.2 Å². The van der Waals surface area contributed by atoms with Crippen molar-refractivity contribution in [3.8, 4) is 0 Å². The first-order chi connectivity index (χ1) is 48.6. The summed E-state index contributed by atoms with van der Waals surface area (Å²) >= 11 is 0. The van der Waals surface area contributed by atoms with E-state index in [4.69, 9.17) is 37.0 Å². The highest BCUT2D eigenvalue weighted by Gasteiger charge is 2.30. The van der Waals surface area contributed by atoms with Crippen molar-refractivity contribution in [3.05, 3.63) is 0 Å². The van der Waals surface area contributed by atoms with E-state index in [2.05, 4.69) is 55.4 Å². The molecular weight excluding hydrogens is 1320 g/mol. The molecule has 0 aliphatic rings. The Morgan fingerprint density at radius 3 is 0.614 bits per heavy atom. The number of ether oxygens (including phenoxy) is 4. The summed E-state index contributed by atoms with van der Waals surface area (Å²) in [5, 5.41) is 10.6. The number of carbonyl (C=O) groups is 4. The lowest BCUT2D eigenvalue weighted by Gasteiger charge is -2.21. The van der Waals surface area contributed by atoms with Gasteiger partial charge in [-0.1, -0.05) is 370 Å². The van der Waals surface area contributed by atoms with Crippen molar-refractivity contribution < 1.29 is 80.2 Å². The Morgan fingerprint density at radius 2 is 0.416 bits per heavy atom. The Bertz CT molecular complexity index is 1970. The van der Waals surface area contributed by atoms with E-state index in [0.29, 0.717) is 37.5 Å². The number of phosphoric acid groups is 2. The summed E-state index contributed by atoms with van der Waals surface area (Å²) in [5.41, 5.74) is 0. The van der Waals surface area contributed by atoms with Gasteiger partial charge in [-0.15, -0.1) is 0 Å². The van der Waals surface area contributed by atoms with Crippen molar-refractivity contribution in [3.63, 3.8) is 0 Å². The lowest BCUT2D eigenvalue weighted by molar-refractivity contribution is -0.161. The fourth-order valence-corrected chi connectivity index (χ4v) is 14.2. The molecular formula is C82H160O17P2. The molecule has 19 heteroatoms. The maximum absolute atomic E-state index is 13.1. The van der Waals surface area contributed by atoms with Gasteiger partial charge in [0.2, 0.25) is 0 Å². The second-order valence-electron chi connectivity index (χ2n) is 31.4. The molecule has 3 unspecified atom stereocenters. The molecule has 0 heterocycles. The molecule has 17 nitrogen and oxygen atoms in total. The Morgan fingerprint density at radius 1 is 0.248 bits per heavy atom. The lowest BCUT2D eigenvalue weighted by Crippen LogP contribution is -2.30. The van der Waals surface area contributed by atoms with Gasteiger partial charge in [-0.25, -0.2) is 9.13 Å². The first-order valence-electron chi connectivity index (χ1n) is 42.2. The van der Waals surface area contributed by atoms with Crippen LogP contribution in [0.2, 0.25) is 0 Å². The zero-order valence-corrected chi connectivity index (χ0v) is 68.3. The number of aliphatic hydroxyl groups is 1. The monoisotopic (exact) mass is 1480 g/mol. The third-order valence-corrected chi connectivity index (χ3v) is 21.0. The van der Waals surface area contributed by atoms with Crippen molar-refractivity contribution in [2.45, 2.75) is 440 Å². The molecule has 0 radical (unpaired) electrons. The predicted octanol–water partition coefficient (Wildman–Crippen LogP) is 24.4. The fourth-order valence-electron chi connectivity index (χ4n) is 12.6. The number of phosphoric ester groups is 2. The highest BCUT2D eigenvalue weighted by molar-refractivity contribution is 7.47.